The summed E-state index contributed by atoms with van der Waals surface area (Å²) in [5.74, 6) is 0.732. The molecule has 12 heteroatoms. The second-order valence-electron chi connectivity index (χ2n) is 26.8. The minimum Gasteiger partial charge on any atom is -0.455 e. The summed E-state index contributed by atoms with van der Waals surface area (Å²) in [4.78, 5) is 4.54. The number of rotatable bonds is 4. The molecule has 0 radical (unpaired) electrons. The highest BCUT2D eigenvalue weighted by molar-refractivity contribution is 6.17. The predicted octanol–water partition coefficient (Wildman–Crippen LogP) is 20.7. The second-order valence-corrected chi connectivity index (χ2v) is 26.8. The van der Waals surface area contributed by atoms with Gasteiger partial charge in [0, 0.05) is 75.6 Å². The van der Waals surface area contributed by atoms with Gasteiger partial charge in [0.25, 0.3) is 0 Å². The number of fused-ring (bicyclic) bond motifs is 16. The summed E-state index contributed by atoms with van der Waals surface area (Å²) < 4.78 is 79.9. The first kappa shape index (κ1) is 57.0. The lowest BCUT2D eigenvalue weighted by molar-refractivity contribution is -0.720. The molecule has 8 aromatic heterocycles. The molecule has 0 spiro atoms. The first-order valence-electron chi connectivity index (χ1n) is 37.3. The molecule has 0 aliphatic rings. The normalized spacial score (nSPS) is 12.7. The molecule has 0 N–H and O–H groups in total. The molecule has 0 amide bonds. The van der Waals surface area contributed by atoms with Crippen LogP contribution in [-0.2, 0) is 28.2 Å². The smallest absolute Gasteiger partial charge is 0.334 e. The highest BCUT2D eigenvalue weighted by atomic mass is 16.3. The first-order valence-corrected chi connectivity index (χ1v) is 34.3. The van der Waals surface area contributed by atoms with Crippen molar-refractivity contribution in [1.82, 2.24) is 20.3 Å². The van der Waals surface area contributed by atoms with Gasteiger partial charge in [-0.3, -0.25) is 0 Å². The Balaban J connectivity index is 0.000000106. The van der Waals surface area contributed by atoms with E-state index in [0.717, 1.165) is 149 Å². The number of hydrogen-bond donors (Lipinski definition) is 0. The molecule has 0 fully saturated rings. The molecule has 498 valence electrons. The van der Waals surface area contributed by atoms with E-state index in [2.05, 4.69) is 187 Å². The van der Waals surface area contributed by atoms with Gasteiger partial charge in [-0.2, -0.15) is 0 Å². The van der Waals surface area contributed by atoms with Crippen LogP contribution in [0.1, 0.15) is 47.3 Å². The van der Waals surface area contributed by atoms with Crippen molar-refractivity contribution in [3.05, 3.63) is 288 Å². The van der Waals surface area contributed by atoms with Gasteiger partial charge in [0.1, 0.15) is 56.5 Å². The van der Waals surface area contributed by atoms with Crippen LogP contribution >= 0.6 is 0 Å². The fourth-order valence-corrected chi connectivity index (χ4v) is 14.8. The predicted molar refractivity (Wildman–Crippen MR) is 416 cm³/mol. The number of nitrogens with zero attached hydrogens (tertiary/aromatic N) is 8. The van der Waals surface area contributed by atoms with Crippen LogP contribution < -0.4 is 18.6 Å². The number of aromatic nitrogens is 8. The van der Waals surface area contributed by atoms with E-state index < -0.39 is 13.7 Å². The first-order chi connectivity index (χ1) is 52.5. The minimum absolute atomic E-state index is 0.0735. The van der Waals surface area contributed by atoms with E-state index in [-0.39, 0.29) is 5.69 Å². The average Bonchev–Trinajstić information content (AvgIpc) is 1.60. The van der Waals surface area contributed by atoms with Gasteiger partial charge in [0.15, 0.2) is 26.7 Å². The van der Waals surface area contributed by atoms with Gasteiger partial charge < -0.3 is 17.7 Å². The molecular weight excluding hydrogens is 1270 g/mol. The molecular formula is C91H74N8O4+4. The van der Waals surface area contributed by atoms with E-state index in [1.165, 1.54) is 38.1 Å². The third-order valence-electron chi connectivity index (χ3n) is 20.0. The molecule has 0 saturated carbocycles. The largest absolute Gasteiger partial charge is 0.455 e. The summed E-state index contributed by atoms with van der Waals surface area (Å²) >= 11 is 0. The third-order valence-corrected chi connectivity index (χ3v) is 20.0. The van der Waals surface area contributed by atoms with Crippen molar-refractivity contribution in [2.24, 2.45) is 28.2 Å². The fourth-order valence-electron chi connectivity index (χ4n) is 14.8. The van der Waals surface area contributed by atoms with Gasteiger partial charge in [-0.15, -0.1) is 0 Å². The maximum absolute atomic E-state index is 8.12. The average molecular weight is 1350 g/mol. The molecule has 103 heavy (non-hydrogen) atoms. The summed E-state index contributed by atoms with van der Waals surface area (Å²) in [7, 11) is 7.62. The monoisotopic (exact) mass is 1350 g/mol. The number of hydrogen-bond acceptors (Lipinski definition) is 8. The van der Waals surface area contributed by atoms with E-state index in [4.69, 9.17) is 25.9 Å². The summed E-state index contributed by atoms with van der Waals surface area (Å²) in [6.07, 6.45) is 7.33. The van der Waals surface area contributed by atoms with Crippen LogP contribution in [0.2, 0.25) is 0 Å². The van der Waals surface area contributed by atoms with Gasteiger partial charge in [0.2, 0.25) is 17.1 Å². The maximum atomic E-state index is 8.12. The molecule has 20 aromatic rings. The zero-order valence-electron chi connectivity index (χ0n) is 64.4. The number of furan rings is 4. The highest BCUT2D eigenvalue weighted by Crippen LogP contribution is 2.44. The lowest BCUT2D eigenvalue weighted by atomic mass is 9.97. The molecule has 8 heterocycles. The summed E-state index contributed by atoms with van der Waals surface area (Å²) in [5.41, 5.74) is 19.2. The van der Waals surface area contributed by atoms with Gasteiger partial charge >= 0.3 is 5.82 Å². The molecule has 12 aromatic carbocycles. The topological polar surface area (TPSA) is 120 Å². The van der Waals surface area contributed by atoms with Gasteiger partial charge in [-0.1, -0.05) is 154 Å². The van der Waals surface area contributed by atoms with E-state index in [9.17, 15) is 0 Å². The van der Waals surface area contributed by atoms with Crippen LogP contribution in [0.15, 0.2) is 267 Å². The van der Waals surface area contributed by atoms with Crippen molar-refractivity contribution in [1.29, 1.82) is 0 Å². The molecule has 0 aliphatic heterocycles. The van der Waals surface area contributed by atoms with Crippen molar-refractivity contribution in [3.63, 3.8) is 0 Å². The van der Waals surface area contributed by atoms with E-state index >= 15 is 0 Å². The van der Waals surface area contributed by atoms with Crippen LogP contribution in [0.3, 0.4) is 0 Å². The molecule has 0 saturated heterocycles. The van der Waals surface area contributed by atoms with Crippen LogP contribution in [0.5, 0.6) is 0 Å². The van der Waals surface area contributed by atoms with Gasteiger partial charge in [-0.05, 0) is 206 Å². The van der Waals surface area contributed by atoms with E-state index in [1.807, 2.05) is 122 Å². The Morgan fingerprint density at radius 3 is 1.22 bits per heavy atom. The van der Waals surface area contributed by atoms with E-state index in [0.29, 0.717) is 22.1 Å². The number of benzene rings is 12. The van der Waals surface area contributed by atoms with Gasteiger partial charge in [0.05, 0.1) is 42.3 Å². The molecule has 0 aliphatic carbocycles. The maximum Gasteiger partial charge on any atom is 0.334 e. The van der Waals surface area contributed by atoms with Crippen LogP contribution in [0, 0.1) is 48.3 Å². The summed E-state index contributed by atoms with van der Waals surface area (Å²) in [6.45, 7) is 5.75. The van der Waals surface area contributed by atoms with Crippen LogP contribution in [0.25, 0.3) is 176 Å². The molecule has 20 rings (SSSR count). The second kappa shape index (κ2) is 25.4. The molecule has 0 bridgehead atoms. The standard InChI is InChI=1S/3C23H19N2O.C22H17N2O/c1-14-11-15(2)21(23-24-9-6-10-25(23)3)22-20(14)18-12-16-7-4-5-8-17(16)13-19(18)26-22;1-14-8-10-18-19-12-16-6-4-5-7-17(16)13-21(19)26-23(18)22(14)20-11-9-15(2)24-25(20)3;1-14-10-20(25(3)24-13-14)22-15(2)8-9-18-19-11-16-6-4-5-7-17(16)12-21(19)26-23(18)22;1-14-9-10-17-18-12-15-6-3-4-7-16(15)13-20(18)25-22(17)21(14)19-8-5-11-23-24(19)2/h3*4-13H,1-3H3;3-13H,1-2H3/q4*+1/i1D3;2D3;;. The Labute approximate surface area is 602 Å². The Morgan fingerprint density at radius 2 is 0.767 bits per heavy atom. The lowest BCUT2D eigenvalue weighted by Crippen LogP contribution is -2.36. The summed E-state index contributed by atoms with van der Waals surface area (Å²) in [5, 5.41) is 30.5. The van der Waals surface area contributed by atoms with Crippen molar-refractivity contribution < 1.29 is 44.5 Å². The Kier molecular flexibility index (Phi) is 14.1. The summed E-state index contributed by atoms with van der Waals surface area (Å²) in [6, 6.07) is 76.0. The fraction of sp³-hybridized carbons (Fsp3) is 0.121. The van der Waals surface area contributed by atoms with Crippen LogP contribution in [-0.4, -0.2) is 20.3 Å². The molecule has 0 atom stereocenters. The lowest BCUT2D eigenvalue weighted by Gasteiger charge is -2.06. The van der Waals surface area contributed by atoms with Crippen molar-refractivity contribution >= 4 is 131 Å². The molecule has 12 nitrogen and oxygen atoms in total. The van der Waals surface area contributed by atoms with Crippen molar-refractivity contribution in [3.8, 4) is 45.2 Å². The van der Waals surface area contributed by atoms with Crippen molar-refractivity contribution in [2.75, 3.05) is 0 Å². The third kappa shape index (κ3) is 11.2. The van der Waals surface area contributed by atoms with Crippen molar-refractivity contribution in [2.45, 2.75) is 48.3 Å². The Morgan fingerprint density at radius 1 is 0.330 bits per heavy atom. The Bertz CT molecular complexity index is 7110. The minimum atomic E-state index is -2.25. The highest BCUT2D eigenvalue weighted by Gasteiger charge is 2.27. The zero-order chi connectivity index (χ0) is 75.5. The zero-order valence-corrected chi connectivity index (χ0v) is 58.4. The quantitative estimate of drug-likeness (QED) is 0.160. The van der Waals surface area contributed by atoms with Crippen LogP contribution in [0.4, 0.5) is 0 Å². The number of aryl methyl sites for hydroxylation is 11. The van der Waals surface area contributed by atoms with E-state index in [1.54, 1.807) is 42.3 Å². The Hall–Kier alpha value is -12.8. The van der Waals surface area contributed by atoms with Gasteiger partial charge in [-0.25, -0.2) is 4.57 Å². The molecule has 0 unspecified atom stereocenters. The SMILES string of the molecule is Cc1ccc2c(oc3cc4ccccc4cc32)c1-c1cccn[n+]1C.Cc1cn[n+](C)c(-c2c(C)ccc3c2oc2cc4ccccc4cc23)c1.[2H]C([2H])([2H])c1cc(C)c(-c2nccc[n+]2C)c2oc3cc4ccccc4cc3c12.[2H]C([2H])([2H])c1ccc(-c2c(C)ccc3c2oc2cc4ccccc4cc23)[n+](C)n1.